The lowest BCUT2D eigenvalue weighted by Gasteiger charge is -2.23. The number of aliphatic imine (C=N–C) groups is 1. The van der Waals surface area contributed by atoms with Crippen molar-refractivity contribution in [1.82, 2.24) is 10.2 Å². The smallest absolute Gasteiger partial charge is 0.325 e. The molecule has 0 aromatic carbocycles. The molecule has 8 heteroatoms. The summed E-state index contributed by atoms with van der Waals surface area (Å²) in [4.78, 5) is 19.1. The molecular weight excluding hydrogens is 481 g/mol. The maximum absolute atomic E-state index is 11.7. The first-order valence-electron chi connectivity index (χ1n) is 6.59. The van der Waals surface area contributed by atoms with Crippen LogP contribution < -0.4 is 5.32 Å². The van der Waals surface area contributed by atoms with Crippen LogP contribution in [0.15, 0.2) is 20.9 Å². The predicted octanol–water partition coefficient (Wildman–Crippen LogP) is 3.48. The number of esters is 1. The van der Waals surface area contributed by atoms with Gasteiger partial charge in [-0.1, -0.05) is 0 Å². The minimum Gasteiger partial charge on any atom is -0.459 e. The lowest BCUT2D eigenvalue weighted by atomic mass is 10.2. The Morgan fingerprint density at radius 3 is 2.55 bits per heavy atom. The van der Waals surface area contributed by atoms with Crippen LogP contribution in [0.3, 0.4) is 0 Å². The highest BCUT2D eigenvalue weighted by molar-refractivity contribution is 14.0. The van der Waals surface area contributed by atoms with E-state index >= 15 is 0 Å². The van der Waals surface area contributed by atoms with Gasteiger partial charge in [0.2, 0.25) is 0 Å². The van der Waals surface area contributed by atoms with E-state index in [1.54, 1.807) is 18.4 Å². The molecule has 0 atom stereocenters. The summed E-state index contributed by atoms with van der Waals surface area (Å²) in [5, 5.41) is 3.01. The second-order valence-corrected chi connectivity index (χ2v) is 8.10. The van der Waals surface area contributed by atoms with Gasteiger partial charge in [-0.05, 0) is 48.8 Å². The number of thiophene rings is 1. The van der Waals surface area contributed by atoms with Crippen molar-refractivity contribution < 1.29 is 9.53 Å². The normalized spacial score (nSPS) is 11.6. The molecule has 0 fully saturated rings. The number of hydrogen-bond acceptors (Lipinski definition) is 4. The minimum absolute atomic E-state index is 0. The zero-order valence-corrected chi connectivity index (χ0v) is 18.2. The van der Waals surface area contributed by atoms with Crippen LogP contribution >= 0.6 is 51.2 Å². The summed E-state index contributed by atoms with van der Waals surface area (Å²) in [6, 6.07) is 4.08. The molecule has 1 aromatic heterocycles. The number of carbonyl (C=O) groups excluding carboxylic acids is 1. The van der Waals surface area contributed by atoms with E-state index in [1.807, 2.05) is 38.8 Å². The van der Waals surface area contributed by atoms with E-state index in [0.717, 1.165) is 10.3 Å². The number of guanidine groups is 1. The second kappa shape index (κ2) is 9.71. The van der Waals surface area contributed by atoms with Crippen LogP contribution in [-0.4, -0.2) is 43.1 Å². The Morgan fingerprint density at radius 1 is 1.45 bits per heavy atom. The summed E-state index contributed by atoms with van der Waals surface area (Å²) >= 11 is 5.12. The van der Waals surface area contributed by atoms with Gasteiger partial charge in [-0.3, -0.25) is 9.79 Å². The molecule has 22 heavy (non-hydrogen) atoms. The largest absolute Gasteiger partial charge is 0.459 e. The zero-order chi connectivity index (χ0) is 16.0. The highest BCUT2D eigenvalue weighted by Gasteiger charge is 2.17. The fraction of sp³-hybridized carbons (Fsp3) is 0.571. The molecule has 1 aromatic rings. The van der Waals surface area contributed by atoms with Crippen molar-refractivity contribution in [2.24, 2.45) is 4.99 Å². The molecule has 0 bridgehead atoms. The van der Waals surface area contributed by atoms with E-state index in [9.17, 15) is 4.79 Å². The van der Waals surface area contributed by atoms with Gasteiger partial charge in [0.25, 0.3) is 0 Å². The van der Waals surface area contributed by atoms with Crippen LogP contribution in [0, 0.1) is 0 Å². The second-order valence-electron chi connectivity index (χ2n) is 5.55. The summed E-state index contributed by atoms with van der Waals surface area (Å²) in [5.74, 6) is 0.362. The van der Waals surface area contributed by atoms with Gasteiger partial charge in [0.15, 0.2) is 5.96 Å². The topological polar surface area (TPSA) is 53.9 Å². The molecule has 0 aliphatic rings. The van der Waals surface area contributed by atoms with Gasteiger partial charge < -0.3 is 15.0 Å². The highest BCUT2D eigenvalue weighted by Crippen LogP contribution is 2.22. The van der Waals surface area contributed by atoms with Crippen molar-refractivity contribution >= 4 is 63.2 Å². The number of nitrogens with zero attached hydrogens (tertiary/aromatic N) is 2. The molecule has 0 saturated carbocycles. The van der Waals surface area contributed by atoms with Crippen molar-refractivity contribution in [3.8, 4) is 0 Å². The SMILES string of the molecule is CN=C(NCC(=O)OC(C)(C)C)N(C)Cc1ccc(Br)s1.I. The third kappa shape index (κ3) is 8.33. The molecule has 0 amide bonds. The van der Waals surface area contributed by atoms with E-state index < -0.39 is 5.60 Å². The molecule has 1 rings (SSSR count). The van der Waals surface area contributed by atoms with E-state index in [4.69, 9.17) is 4.74 Å². The van der Waals surface area contributed by atoms with Crippen LogP contribution in [0.1, 0.15) is 25.6 Å². The van der Waals surface area contributed by atoms with Crippen molar-refractivity contribution in [1.29, 1.82) is 0 Å². The Morgan fingerprint density at radius 2 is 2.09 bits per heavy atom. The maximum atomic E-state index is 11.7. The van der Waals surface area contributed by atoms with Gasteiger partial charge in [-0.25, -0.2) is 0 Å². The summed E-state index contributed by atoms with van der Waals surface area (Å²) in [7, 11) is 3.62. The monoisotopic (exact) mass is 503 g/mol. The summed E-state index contributed by atoms with van der Waals surface area (Å²) < 4.78 is 6.35. The molecule has 0 saturated heterocycles. The first kappa shape index (κ1) is 21.6. The fourth-order valence-electron chi connectivity index (χ4n) is 1.66. The van der Waals surface area contributed by atoms with E-state index in [0.29, 0.717) is 5.96 Å². The van der Waals surface area contributed by atoms with E-state index in [2.05, 4.69) is 32.3 Å². The molecule has 0 unspecified atom stereocenters. The van der Waals surface area contributed by atoms with Crippen LogP contribution in [0.5, 0.6) is 0 Å². The molecule has 1 N–H and O–H groups in total. The van der Waals surface area contributed by atoms with Crippen molar-refractivity contribution in [3.63, 3.8) is 0 Å². The zero-order valence-electron chi connectivity index (χ0n) is 13.5. The van der Waals surface area contributed by atoms with Crippen LogP contribution in [-0.2, 0) is 16.1 Å². The van der Waals surface area contributed by atoms with E-state index in [-0.39, 0.29) is 36.5 Å². The number of hydrogen-bond donors (Lipinski definition) is 1. The van der Waals surface area contributed by atoms with E-state index in [1.165, 1.54) is 4.88 Å². The van der Waals surface area contributed by atoms with Crippen LogP contribution in [0.25, 0.3) is 0 Å². The number of ether oxygens (including phenoxy) is 1. The Balaban J connectivity index is 0.00000441. The Hall–Kier alpha value is -0.350. The Labute approximate surface area is 161 Å². The Bertz CT molecular complexity index is 514. The molecule has 0 spiro atoms. The average Bonchev–Trinajstić information content (AvgIpc) is 2.73. The van der Waals surface area contributed by atoms with Crippen LogP contribution in [0.2, 0.25) is 0 Å². The average molecular weight is 504 g/mol. The Kier molecular flexibility index (Phi) is 9.56. The summed E-state index contributed by atoms with van der Waals surface area (Å²) in [6.45, 7) is 6.37. The number of nitrogens with one attached hydrogen (secondary N) is 1. The van der Waals surface area contributed by atoms with Crippen molar-refractivity contribution in [2.45, 2.75) is 32.9 Å². The summed E-state index contributed by atoms with van der Waals surface area (Å²) in [6.07, 6.45) is 0. The molecule has 0 aliphatic carbocycles. The molecule has 0 aliphatic heterocycles. The van der Waals surface area contributed by atoms with Crippen molar-refractivity contribution in [2.75, 3.05) is 20.6 Å². The number of carbonyl (C=O) groups is 1. The van der Waals surface area contributed by atoms with Gasteiger partial charge in [-0.2, -0.15) is 0 Å². The van der Waals surface area contributed by atoms with Gasteiger partial charge in [0.05, 0.1) is 10.3 Å². The molecular formula is C14H23BrIN3O2S. The quantitative estimate of drug-likeness (QED) is 0.296. The van der Waals surface area contributed by atoms with Gasteiger partial charge >= 0.3 is 5.97 Å². The number of halogens is 2. The fourth-order valence-corrected chi connectivity index (χ4v) is 3.20. The summed E-state index contributed by atoms with van der Waals surface area (Å²) in [5.41, 5.74) is -0.475. The lowest BCUT2D eigenvalue weighted by Crippen LogP contribution is -2.42. The first-order chi connectivity index (χ1) is 9.71. The highest BCUT2D eigenvalue weighted by atomic mass is 127. The molecule has 126 valence electrons. The lowest BCUT2D eigenvalue weighted by molar-refractivity contribution is -0.153. The molecule has 1 heterocycles. The van der Waals surface area contributed by atoms with Crippen LogP contribution in [0.4, 0.5) is 0 Å². The third-order valence-corrected chi connectivity index (χ3v) is 4.01. The maximum Gasteiger partial charge on any atom is 0.325 e. The third-order valence-electron chi connectivity index (χ3n) is 2.41. The number of rotatable bonds is 4. The first-order valence-corrected chi connectivity index (χ1v) is 8.20. The van der Waals surface area contributed by atoms with Gasteiger partial charge in [-0.15, -0.1) is 35.3 Å². The molecule has 5 nitrogen and oxygen atoms in total. The molecule has 0 radical (unpaired) electrons. The van der Waals surface area contributed by atoms with Crippen molar-refractivity contribution in [3.05, 3.63) is 20.8 Å². The standard InChI is InChI=1S/C14H22BrN3O2S.HI/c1-14(2,3)20-12(19)8-17-13(16-4)18(5)9-10-6-7-11(15)21-10;/h6-7H,8-9H2,1-5H3,(H,16,17);1H. The predicted molar refractivity (Wildman–Crippen MR) is 106 cm³/mol. The minimum atomic E-state index is -0.475. The van der Waals surface area contributed by atoms with Gasteiger partial charge in [0.1, 0.15) is 12.1 Å². The van der Waals surface area contributed by atoms with Gasteiger partial charge in [0, 0.05) is 19.0 Å².